The number of para-hydroxylation sites is 1. The Bertz CT molecular complexity index is 906. The number of furan rings is 1. The number of hydrogen-bond acceptors (Lipinski definition) is 6. The van der Waals surface area contributed by atoms with Gasteiger partial charge in [-0.3, -0.25) is 0 Å². The van der Waals surface area contributed by atoms with Crippen LogP contribution in [0.5, 0.6) is 0 Å². The molecule has 6 heteroatoms. The molecule has 22 heavy (non-hydrogen) atoms. The fourth-order valence-electron chi connectivity index (χ4n) is 1.91. The Morgan fingerprint density at radius 2 is 2.00 bits per heavy atom. The van der Waals surface area contributed by atoms with Gasteiger partial charge < -0.3 is 13.7 Å². The standard InChI is InChI=1S/C16H11NO5/c1-10(17-22-16(19)14-7-4-8-20-14)12-9-11-5-2-3-6-13(11)21-15(12)18/h2-9H,1H3/b17-10+. The minimum atomic E-state index is -0.741. The van der Waals surface area contributed by atoms with E-state index in [-0.39, 0.29) is 17.0 Å². The van der Waals surface area contributed by atoms with E-state index in [0.717, 1.165) is 5.39 Å². The number of benzene rings is 1. The SMILES string of the molecule is C/C(=N\OC(=O)c1ccco1)c1cc2ccccc2oc1=O. The molecule has 0 bridgehead atoms. The van der Waals surface area contributed by atoms with Gasteiger partial charge in [0.2, 0.25) is 5.76 Å². The lowest BCUT2D eigenvalue weighted by Crippen LogP contribution is -2.13. The lowest BCUT2D eigenvalue weighted by molar-refractivity contribution is 0.0480. The first kappa shape index (κ1) is 13.8. The van der Waals surface area contributed by atoms with E-state index in [1.165, 1.54) is 12.3 Å². The van der Waals surface area contributed by atoms with Gasteiger partial charge in [-0.15, -0.1) is 0 Å². The number of oxime groups is 1. The van der Waals surface area contributed by atoms with E-state index in [9.17, 15) is 9.59 Å². The van der Waals surface area contributed by atoms with E-state index >= 15 is 0 Å². The zero-order valence-electron chi connectivity index (χ0n) is 11.6. The molecule has 2 aromatic heterocycles. The Balaban J connectivity index is 1.89. The summed E-state index contributed by atoms with van der Waals surface area (Å²) in [5, 5.41) is 4.42. The van der Waals surface area contributed by atoms with Gasteiger partial charge in [-0.2, -0.15) is 0 Å². The molecule has 0 radical (unpaired) electrons. The smallest absolute Gasteiger partial charge is 0.400 e. The van der Waals surface area contributed by atoms with Crippen molar-refractivity contribution in [2.24, 2.45) is 5.16 Å². The minimum Gasteiger partial charge on any atom is -0.457 e. The number of carbonyl (C=O) groups is 1. The Morgan fingerprint density at radius 1 is 1.18 bits per heavy atom. The Kier molecular flexibility index (Phi) is 3.57. The molecule has 0 amide bonds. The zero-order chi connectivity index (χ0) is 15.5. The Labute approximate surface area is 124 Å². The molecule has 0 spiro atoms. The third-order valence-corrected chi connectivity index (χ3v) is 3.02. The Morgan fingerprint density at radius 3 is 2.77 bits per heavy atom. The highest BCUT2D eigenvalue weighted by molar-refractivity contribution is 6.00. The van der Waals surface area contributed by atoms with Crippen LogP contribution in [0.25, 0.3) is 11.0 Å². The summed E-state index contributed by atoms with van der Waals surface area (Å²) in [6, 6.07) is 11.8. The molecule has 110 valence electrons. The molecule has 6 nitrogen and oxygen atoms in total. The van der Waals surface area contributed by atoms with Crippen molar-refractivity contribution in [3.63, 3.8) is 0 Å². The van der Waals surface area contributed by atoms with Crippen LogP contribution < -0.4 is 5.63 Å². The molecule has 3 rings (SSSR count). The van der Waals surface area contributed by atoms with Crippen molar-refractivity contribution in [1.82, 2.24) is 0 Å². The summed E-state index contributed by atoms with van der Waals surface area (Å²) in [4.78, 5) is 28.3. The molecule has 0 saturated carbocycles. The van der Waals surface area contributed by atoms with Crippen LogP contribution in [-0.4, -0.2) is 11.7 Å². The zero-order valence-corrected chi connectivity index (χ0v) is 11.6. The second-order valence-corrected chi connectivity index (χ2v) is 4.52. The summed E-state index contributed by atoms with van der Waals surface area (Å²) in [6.45, 7) is 1.55. The van der Waals surface area contributed by atoms with Gasteiger partial charge in [-0.05, 0) is 31.2 Å². The summed E-state index contributed by atoms with van der Waals surface area (Å²) in [7, 11) is 0. The molecular weight excluding hydrogens is 286 g/mol. The van der Waals surface area contributed by atoms with Gasteiger partial charge in [0.05, 0.1) is 17.5 Å². The number of fused-ring (bicyclic) bond motifs is 1. The van der Waals surface area contributed by atoms with Crippen LogP contribution in [0.4, 0.5) is 0 Å². The summed E-state index contributed by atoms with van der Waals surface area (Å²) >= 11 is 0. The van der Waals surface area contributed by atoms with Crippen molar-refractivity contribution in [3.05, 3.63) is 70.5 Å². The molecule has 0 fully saturated rings. The third-order valence-electron chi connectivity index (χ3n) is 3.02. The first-order valence-corrected chi connectivity index (χ1v) is 6.48. The summed E-state index contributed by atoms with van der Waals surface area (Å²) in [6.07, 6.45) is 1.35. The van der Waals surface area contributed by atoms with Crippen LogP contribution in [0.2, 0.25) is 0 Å². The van der Waals surface area contributed by atoms with E-state index in [4.69, 9.17) is 13.7 Å². The highest BCUT2D eigenvalue weighted by atomic mass is 16.7. The maximum atomic E-state index is 11.9. The van der Waals surface area contributed by atoms with Crippen LogP contribution in [0.15, 0.2) is 67.5 Å². The van der Waals surface area contributed by atoms with Gasteiger partial charge in [0, 0.05) is 5.39 Å². The first-order chi connectivity index (χ1) is 10.6. The maximum absolute atomic E-state index is 11.9. The number of nitrogens with zero attached hydrogens (tertiary/aromatic N) is 1. The lowest BCUT2D eigenvalue weighted by atomic mass is 10.1. The van der Waals surface area contributed by atoms with Gasteiger partial charge in [0.1, 0.15) is 5.58 Å². The molecule has 0 unspecified atom stereocenters. The quantitative estimate of drug-likeness (QED) is 0.321. The largest absolute Gasteiger partial charge is 0.457 e. The number of rotatable bonds is 3. The molecule has 0 aliphatic rings. The molecule has 3 aromatic rings. The molecule has 2 heterocycles. The van der Waals surface area contributed by atoms with E-state index in [0.29, 0.717) is 5.58 Å². The minimum absolute atomic E-state index is 0.0297. The topological polar surface area (TPSA) is 82.0 Å². The normalized spacial score (nSPS) is 11.6. The van der Waals surface area contributed by atoms with Gasteiger partial charge in [-0.25, -0.2) is 9.59 Å². The number of carbonyl (C=O) groups excluding carboxylic acids is 1. The third kappa shape index (κ3) is 2.67. The average Bonchev–Trinajstić information content (AvgIpc) is 3.06. The predicted molar refractivity (Wildman–Crippen MR) is 78.8 cm³/mol. The molecule has 1 aromatic carbocycles. The van der Waals surface area contributed by atoms with Crippen molar-refractivity contribution in [2.75, 3.05) is 0 Å². The van der Waals surface area contributed by atoms with Crippen molar-refractivity contribution >= 4 is 22.7 Å². The fourth-order valence-corrected chi connectivity index (χ4v) is 1.91. The lowest BCUT2D eigenvalue weighted by Gasteiger charge is -2.01. The van der Waals surface area contributed by atoms with E-state index in [1.54, 1.807) is 31.2 Å². The van der Waals surface area contributed by atoms with Gasteiger partial charge in [0.25, 0.3) is 0 Å². The summed E-state index contributed by atoms with van der Waals surface area (Å²) in [5.41, 5.74) is 0.399. The first-order valence-electron chi connectivity index (χ1n) is 6.48. The highest BCUT2D eigenvalue weighted by Crippen LogP contribution is 2.13. The van der Waals surface area contributed by atoms with Crippen LogP contribution in [0.3, 0.4) is 0 Å². The number of hydrogen-bond donors (Lipinski definition) is 0. The van der Waals surface area contributed by atoms with Gasteiger partial charge in [-0.1, -0.05) is 23.4 Å². The fraction of sp³-hybridized carbons (Fsp3) is 0.0625. The molecular formula is C16H11NO5. The van der Waals surface area contributed by atoms with E-state index < -0.39 is 11.6 Å². The maximum Gasteiger partial charge on any atom is 0.400 e. The molecule has 0 saturated heterocycles. The van der Waals surface area contributed by atoms with Gasteiger partial charge >= 0.3 is 11.6 Å². The molecule has 0 N–H and O–H groups in total. The van der Waals surface area contributed by atoms with Crippen molar-refractivity contribution < 1.29 is 18.5 Å². The van der Waals surface area contributed by atoms with Crippen molar-refractivity contribution in [2.45, 2.75) is 6.92 Å². The van der Waals surface area contributed by atoms with Crippen molar-refractivity contribution in [3.8, 4) is 0 Å². The highest BCUT2D eigenvalue weighted by Gasteiger charge is 2.12. The van der Waals surface area contributed by atoms with Gasteiger partial charge in [0.15, 0.2) is 0 Å². The van der Waals surface area contributed by atoms with E-state index in [1.807, 2.05) is 12.1 Å². The summed E-state index contributed by atoms with van der Waals surface area (Å²) in [5.74, 6) is -0.711. The molecule has 0 aliphatic carbocycles. The second kappa shape index (κ2) is 5.69. The van der Waals surface area contributed by atoms with Crippen LogP contribution >= 0.6 is 0 Å². The second-order valence-electron chi connectivity index (χ2n) is 4.52. The Hall–Kier alpha value is -3.15. The molecule has 0 aliphatic heterocycles. The monoisotopic (exact) mass is 297 g/mol. The summed E-state index contributed by atoms with van der Waals surface area (Å²) < 4.78 is 10.1. The van der Waals surface area contributed by atoms with E-state index in [2.05, 4.69) is 5.16 Å². The van der Waals surface area contributed by atoms with Crippen LogP contribution in [0, 0.1) is 0 Å². The average molecular weight is 297 g/mol. The van der Waals surface area contributed by atoms with Crippen LogP contribution in [-0.2, 0) is 4.84 Å². The van der Waals surface area contributed by atoms with Crippen molar-refractivity contribution in [1.29, 1.82) is 0 Å². The van der Waals surface area contributed by atoms with Crippen LogP contribution in [0.1, 0.15) is 23.0 Å². The predicted octanol–water partition coefficient (Wildman–Crippen LogP) is 2.97. The molecule has 0 atom stereocenters.